The van der Waals surface area contributed by atoms with Crippen molar-refractivity contribution in [2.75, 3.05) is 27.2 Å². The molecule has 74 valence electrons. The van der Waals surface area contributed by atoms with Crippen LogP contribution in [0.2, 0.25) is 0 Å². The van der Waals surface area contributed by atoms with Gasteiger partial charge in [0.05, 0.1) is 0 Å². The van der Waals surface area contributed by atoms with Gasteiger partial charge in [0.15, 0.2) is 0 Å². The van der Waals surface area contributed by atoms with Gasteiger partial charge in [-0.25, -0.2) is 0 Å². The van der Waals surface area contributed by atoms with Gasteiger partial charge in [-0.2, -0.15) is 0 Å². The average Bonchev–Trinajstić information content (AvgIpc) is 2.10. The molecule has 0 bridgehead atoms. The Morgan fingerprint density at radius 3 is 2.46 bits per heavy atom. The highest BCUT2D eigenvalue weighted by atomic mass is 15.1. The molecule has 1 N–H and O–H groups in total. The predicted octanol–water partition coefficient (Wildman–Crippen LogP) is 1.78. The largest absolute Gasteiger partial charge is 0.374 e. The quantitative estimate of drug-likeness (QED) is 0.627. The molecule has 0 unspecified atom stereocenters. The maximum atomic E-state index is 3.95. The van der Waals surface area contributed by atoms with E-state index in [4.69, 9.17) is 0 Å². The van der Waals surface area contributed by atoms with Gasteiger partial charge in [0.1, 0.15) is 0 Å². The number of rotatable bonds is 6. The molecule has 0 amide bonds. The highest BCUT2D eigenvalue weighted by molar-refractivity contribution is 5.21. The molecule has 0 heterocycles. The summed E-state index contributed by atoms with van der Waals surface area (Å²) in [5.74, 6) is 0. The van der Waals surface area contributed by atoms with E-state index in [1.807, 2.05) is 33.2 Å². The lowest BCUT2D eigenvalue weighted by atomic mass is 10.3. The van der Waals surface area contributed by atoms with Crippen molar-refractivity contribution >= 4 is 0 Å². The Hall–Kier alpha value is -1.02. The second-order valence-corrected chi connectivity index (χ2v) is 3.20. The van der Waals surface area contributed by atoms with E-state index in [1.165, 1.54) is 0 Å². The molecule has 2 nitrogen and oxygen atoms in total. The summed E-state index contributed by atoms with van der Waals surface area (Å²) < 4.78 is 0. The van der Waals surface area contributed by atoms with Crippen molar-refractivity contribution in [2.24, 2.45) is 0 Å². The summed E-state index contributed by atoms with van der Waals surface area (Å²) in [6, 6.07) is 0. The van der Waals surface area contributed by atoms with Crippen LogP contribution in [0, 0.1) is 0 Å². The van der Waals surface area contributed by atoms with E-state index in [9.17, 15) is 0 Å². The van der Waals surface area contributed by atoms with Crippen LogP contribution in [0.3, 0.4) is 0 Å². The Balaban J connectivity index is 3.89. The first-order valence-corrected chi connectivity index (χ1v) is 4.46. The molecule has 0 rings (SSSR count). The lowest BCUT2D eigenvalue weighted by Crippen LogP contribution is -2.25. The Morgan fingerprint density at radius 2 is 2.00 bits per heavy atom. The molecule has 0 fully saturated rings. The minimum atomic E-state index is 0.968. The van der Waals surface area contributed by atoms with E-state index in [0.29, 0.717) is 0 Å². The summed E-state index contributed by atoms with van der Waals surface area (Å²) in [4.78, 5) is 2.11. The van der Waals surface area contributed by atoms with E-state index >= 15 is 0 Å². The van der Waals surface area contributed by atoms with Crippen LogP contribution in [0.5, 0.6) is 0 Å². The monoisotopic (exact) mass is 180 g/mol. The minimum absolute atomic E-state index is 0.968. The number of hydrogen-bond donors (Lipinski definition) is 1. The Morgan fingerprint density at radius 1 is 1.38 bits per heavy atom. The van der Waals surface area contributed by atoms with Crippen LogP contribution in [0.15, 0.2) is 36.6 Å². The van der Waals surface area contributed by atoms with Crippen molar-refractivity contribution in [1.29, 1.82) is 0 Å². The molecule has 0 aliphatic heterocycles. The number of nitrogens with one attached hydrogen (secondary N) is 1. The minimum Gasteiger partial charge on any atom is -0.374 e. The fraction of sp³-hybridized carbons (Fsp3) is 0.455. The summed E-state index contributed by atoms with van der Waals surface area (Å²) in [6.07, 6.45) is 3.95. The first-order valence-electron chi connectivity index (χ1n) is 4.46. The second-order valence-electron chi connectivity index (χ2n) is 3.20. The molecule has 13 heavy (non-hydrogen) atoms. The topological polar surface area (TPSA) is 15.3 Å². The molecular weight excluding hydrogens is 160 g/mol. The number of nitrogens with zero attached hydrogens (tertiary/aromatic N) is 1. The molecular formula is C11H20N2. The summed E-state index contributed by atoms with van der Waals surface area (Å²) in [5.41, 5.74) is 2.06. The Kier molecular flexibility index (Phi) is 5.98. The summed E-state index contributed by atoms with van der Waals surface area (Å²) in [5, 5.41) is 3.09. The van der Waals surface area contributed by atoms with Crippen LogP contribution >= 0.6 is 0 Å². The predicted molar refractivity (Wildman–Crippen MR) is 59.7 cm³/mol. The normalized spacial score (nSPS) is 10.4. The summed E-state index contributed by atoms with van der Waals surface area (Å²) in [6.45, 7) is 11.6. The molecule has 0 aliphatic carbocycles. The fourth-order valence-corrected chi connectivity index (χ4v) is 0.789. The van der Waals surface area contributed by atoms with Gasteiger partial charge in [-0.05, 0) is 20.0 Å². The van der Waals surface area contributed by atoms with E-state index in [-0.39, 0.29) is 0 Å². The molecule has 0 aliphatic rings. The molecule has 0 saturated heterocycles. The third-order valence-electron chi connectivity index (χ3n) is 1.75. The number of likely N-dealkylation sites (N-methyl/N-ethyl adjacent to an activating group) is 2. The second kappa shape index (κ2) is 6.49. The molecule has 2 heteroatoms. The van der Waals surface area contributed by atoms with Gasteiger partial charge in [0.25, 0.3) is 0 Å². The smallest absolute Gasteiger partial charge is 0.0299 e. The van der Waals surface area contributed by atoms with E-state index in [2.05, 4.69) is 23.4 Å². The molecule has 0 aromatic carbocycles. The zero-order valence-corrected chi connectivity index (χ0v) is 8.93. The van der Waals surface area contributed by atoms with Gasteiger partial charge in [0.2, 0.25) is 0 Å². The van der Waals surface area contributed by atoms with Crippen LogP contribution in [-0.2, 0) is 0 Å². The highest BCUT2D eigenvalue weighted by Crippen LogP contribution is 2.01. The molecule has 0 atom stereocenters. The molecule has 0 spiro atoms. The van der Waals surface area contributed by atoms with E-state index in [1.54, 1.807) is 0 Å². The standard InChI is InChI=1S/C11H20N2/c1-10(2)6-7-11(3)13(5)9-8-12-4/h6-7,12H,1,3,8-9H2,2,4-5H3/b7-6-. The van der Waals surface area contributed by atoms with Crippen molar-refractivity contribution in [1.82, 2.24) is 10.2 Å². The number of allylic oxidation sites excluding steroid dienone is 3. The maximum Gasteiger partial charge on any atom is 0.0299 e. The lowest BCUT2D eigenvalue weighted by Gasteiger charge is -2.18. The van der Waals surface area contributed by atoms with Crippen LogP contribution in [-0.4, -0.2) is 32.1 Å². The van der Waals surface area contributed by atoms with Gasteiger partial charge < -0.3 is 10.2 Å². The fourth-order valence-electron chi connectivity index (χ4n) is 0.789. The molecule has 0 aromatic heterocycles. The van der Waals surface area contributed by atoms with Crippen LogP contribution in [0.25, 0.3) is 0 Å². The van der Waals surface area contributed by atoms with Gasteiger partial charge in [-0.1, -0.05) is 24.8 Å². The first-order chi connectivity index (χ1) is 6.07. The third kappa shape index (κ3) is 6.17. The third-order valence-corrected chi connectivity index (χ3v) is 1.75. The van der Waals surface area contributed by atoms with Gasteiger partial charge in [-0.3, -0.25) is 0 Å². The Labute approximate surface area is 81.6 Å². The first kappa shape index (κ1) is 12.0. The zero-order valence-electron chi connectivity index (χ0n) is 8.93. The zero-order chi connectivity index (χ0) is 10.3. The maximum absolute atomic E-state index is 3.95. The summed E-state index contributed by atoms with van der Waals surface area (Å²) in [7, 11) is 3.97. The van der Waals surface area contributed by atoms with Gasteiger partial charge >= 0.3 is 0 Å². The summed E-state index contributed by atoms with van der Waals surface area (Å²) >= 11 is 0. The van der Waals surface area contributed by atoms with Crippen molar-refractivity contribution in [2.45, 2.75) is 6.92 Å². The van der Waals surface area contributed by atoms with Crippen molar-refractivity contribution in [3.05, 3.63) is 36.6 Å². The average molecular weight is 180 g/mol. The van der Waals surface area contributed by atoms with Crippen LogP contribution in [0.4, 0.5) is 0 Å². The van der Waals surface area contributed by atoms with Crippen molar-refractivity contribution in [3.8, 4) is 0 Å². The van der Waals surface area contributed by atoms with Crippen molar-refractivity contribution < 1.29 is 0 Å². The highest BCUT2D eigenvalue weighted by Gasteiger charge is 1.95. The van der Waals surface area contributed by atoms with Crippen molar-refractivity contribution in [3.63, 3.8) is 0 Å². The number of hydrogen-bond acceptors (Lipinski definition) is 2. The van der Waals surface area contributed by atoms with Gasteiger partial charge in [0, 0.05) is 25.8 Å². The molecule has 0 aromatic rings. The Bertz CT molecular complexity index is 204. The van der Waals surface area contributed by atoms with Crippen LogP contribution < -0.4 is 5.32 Å². The lowest BCUT2D eigenvalue weighted by molar-refractivity contribution is 0.429. The van der Waals surface area contributed by atoms with E-state index in [0.717, 1.165) is 24.4 Å². The van der Waals surface area contributed by atoms with E-state index < -0.39 is 0 Å². The van der Waals surface area contributed by atoms with Crippen LogP contribution in [0.1, 0.15) is 6.92 Å². The molecule has 0 radical (unpaired) electrons. The molecule has 0 saturated carbocycles. The SMILES string of the molecule is C=C(C)/C=C\C(=C)N(C)CCNC. The van der Waals surface area contributed by atoms with Gasteiger partial charge in [-0.15, -0.1) is 0 Å².